The summed E-state index contributed by atoms with van der Waals surface area (Å²) in [6.45, 7) is 2.77. The number of benzene rings is 1. The van der Waals surface area contributed by atoms with E-state index in [4.69, 9.17) is 11.6 Å². The number of halogens is 3. The molecule has 3 rings (SSSR count). The summed E-state index contributed by atoms with van der Waals surface area (Å²) >= 11 is 8.13. The first kappa shape index (κ1) is 15.0. The molecule has 1 aliphatic carbocycles. The maximum atomic E-state index is 14.2. The summed E-state index contributed by atoms with van der Waals surface area (Å²) in [5.74, 6) is 1.17. The summed E-state index contributed by atoms with van der Waals surface area (Å²) in [4.78, 5) is 9.07. The summed E-state index contributed by atoms with van der Waals surface area (Å²) < 4.78 is 15.3. The van der Waals surface area contributed by atoms with Gasteiger partial charge in [-0.15, -0.1) is 0 Å². The molecule has 1 saturated carbocycles. The first-order valence-corrected chi connectivity index (χ1v) is 8.33. The number of nitrogens with zero attached hydrogens (tertiary/aromatic N) is 2. The number of nitrogens with one attached hydrogen (secondary N) is 1. The molecule has 1 aromatic carbocycles. The normalized spacial score (nSPS) is 14.3. The Kier molecular flexibility index (Phi) is 4.31. The fourth-order valence-corrected chi connectivity index (χ4v) is 3.22. The van der Waals surface area contributed by atoms with Crippen LogP contribution in [0.5, 0.6) is 0 Å². The second kappa shape index (κ2) is 6.04. The summed E-state index contributed by atoms with van der Waals surface area (Å²) in [6.07, 6.45) is 2.27. The SMILES string of the molecule is CCNc1nc(-c2cccc(Cl)c2F)nc(C2CC2)c1I. The predicted octanol–water partition coefficient (Wildman–Crippen LogP) is 4.85. The molecule has 1 heterocycles. The van der Waals surface area contributed by atoms with Crippen LogP contribution in [0.3, 0.4) is 0 Å². The fourth-order valence-electron chi connectivity index (χ4n) is 2.17. The number of rotatable bonds is 4. The minimum absolute atomic E-state index is 0.0904. The van der Waals surface area contributed by atoms with E-state index in [2.05, 4.69) is 37.9 Å². The average molecular weight is 418 g/mol. The molecule has 110 valence electrons. The second-order valence-corrected chi connectivity index (χ2v) is 6.49. The Morgan fingerprint density at radius 1 is 1.38 bits per heavy atom. The van der Waals surface area contributed by atoms with Crippen LogP contribution in [0.25, 0.3) is 11.4 Å². The van der Waals surface area contributed by atoms with Gasteiger partial charge in [0.1, 0.15) is 5.82 Å². The van der Waals surface area contributed by atoms with Crippen molar-refractivity contribution < 1.29 is 4.39 Å². The van der Waals surface area contributed by atoms with Crippen molar-refractivity contribution >= 4 is 40.0 Å². The molecule has 1 aromatic heterocycles. The zero-order chi connectivity index (χ0) is 15.0. The highest BCUT2D eigenvalue weighted by atomic mass is 127. The molecule has 1 N–H and O–H groups in total. The summed E-state index contributed by atoms with van der Waals surface area (Å²) in [5.41, 5.74) is 1.36. The van der Waals surface area contributed by atoms with Gasteiger partial charge in [0.2, 0.25) is 0 Å². The third-order valence-electron chi connectivity index (χ3n) is 3.38. The third-order valence-corrected chi connectivity index (χ3v) is 4.73. The van der Waals surface area contributed by atoms with Gasteiger partial charge in [0.15, 0.2) is 11.6 Å². The fraction of sp³-hybridized carbons (Fsp3) is 0.333. The van der Waals surface area contributed by atoms with Gasteiger partial charge in [-0.25, -0.2) is 14.4 Å². The molecule has 3 nitrogen and oxygen atoms in total. The molecule has 0 aliphatic heterocycles. The molecule has 1 fully saturated rings. The molecule has 0 saturated heterocycles. The molecule has 0 bridgehead atoms. The van der Waals surface area contributed by atoms with Crippen LogP contribution in [0.2, 0.25) is 5.02 Å². The van der Waals surface area contributed by atoms with Crippen molar-refractivity contribution in [1.29, 1.82) is 0 Å². The number of hydrogen-bond donors (Lipinski definition) is 1. The van der Waals surface area contributed by atoms with Gasteiger partial charge >= 0.3 is 0 Å². The van der Waals surface area contributed by atoms with Crippen LogP contribution in [0.15, 0.2) is 18.2 Å². The van der Waals surface area contributed by atoms with E-state index in [1.807, 2.05) is 6.92 Å². The van der Waals surface area contributed by atoms with Crippen LogP contribution in [0, 0.1) is 9.39 Å². The Morgan fingerprint density at radius 2 is 2.14 bits per heavy atom. The van der Waals surface area contributed by atoms with Gasteiger partial charge in [-0.2, -0.15) is 0 Å². The van der Waals surface area contributed by atoms with Crippen molar-refractivity contribution in [2.75, 3.05) is 11.9 Å². The van der Waals surface area contributed by atoms with E-state index < -0.39 is 5.82 Å². The molecule has 0 atom stereocenters. The van der Waals surface area contributed by atoms with Gasteiger partial charge in [0, 0.05) is 12.5 Å². The van der Waals surface area contributed by atoms with E-state index >= 15 is 0 Å². The highest BCUT2D eigenvalue weighted by Gasteiger charge is 2.30. The molecule has 21 heavy (non-hydrogen) atoms. The molecule has 0 spiro atoms. The van der Waals surface area contributed by atoms with Gasteiger partial charge in [-0.05, 0) is 54.5 Å². The smallest absolute Gasteiger partial charge is 0.164 e. The average Bonchev–Trinajstić information content (AvgIpc) is 3.29. The highest BCUT2D eigenvalue weighted by molar-refractivity contribution is 14.1. The second-order valence-electron chi connectivity index (χ2n) is 5.00. The van der Waals surface area contributed by atoms with E-state index in [-0.39, 0.29) is 5.02 Å². The Bertz CT molecular complexity index is 689. The van der Waals surface area contributed by atoms with Crippen molar-refractivity contribution in [3.63, 3.8) is 0 Å². The van der Waals surface area contributed by atoms with E-state index in [9.17, 15) is 4.39 Å². The predicted molar refractivity (Wildman–Crippen MR) is 91.3 cm³/mol. The van der Waals surface area contributed by atoms with E-state index in [1.165, 1.54) is 6.07 Å². The summed E-state index contributed by atoms with van der Waals surface area (Å²) in [7, 11) is 0. The van der Waals surface area contributed by atoms with Gasteiger partial charge in [-0.3, -0.25) is 0 Å². The van der Waals surface area contributed by atoms with Crippen LogP contribution in [-0.2, 0) is 0 Å². The lowest BCUT2D eigenvalue weighted by molar-refractivity contribution is 0.630. The Hall–Kier alpha value is -0.950. The van der Waals surface area contributed by atoms with Crippen molar-refractivity contribution in [2.45, 2.75) is 25.7 Å². The van der Waals surface area contributed by atoms with Gasteiger partial charge in [0.05, 0.1) is 19.9 Å². The first-order chi connectivity index (χ1) is 10.1. The standard InChI is InChI=1S/C15H14ClFIN3/c1-2-19-15-12(18)13(8-6-7-8)20-14(21-15)9-4-3-5-10(16)11(9)17/h3-5,8H,2,6-7H2,1H3,(H,19,20,21). The molecule has 6 heteroatoms. The van der Waals surface area contributed by atoms with Crippen LogP contribution >= 0.6 is 34.2 Å². The van der Waals surface area contributed by atoms with E-state index in [0.717, 1.165) is 34.5 Å². The molecule has 1 aliphatic rings. The lowest BCUT2D eigenvalue weighted by Crippen LogP contribution is -2.08. The van der Waals surface area contributed by atoms with Gasteiger partial charge < -0.3 is 5.32 Å². The number of hydrogen-bond acceptors (Lipinski definition) is 3. The summed E-state index contributed by atoms with van der Waals surface area (Å²) in [5, 5.41) is 3.32. The zero-order valence-electron chi connectivity index (χ0n) is 11.5. The number of aromatic nitrogens is 2. The molecular weight excluding hydrogens is 404 g/mol. The number of anilines is 1. The minimum Gasteiger partial charge on any atom is -0.369 e. The van der Waals surface area contributed by atoms with E-state index in [0.29, 0.717) is 17.3 Å². The van der Waals surface area contributed by atoms with Crippen LogP contribution < -0.4 is 5.32 Å². The maximum Gasteiger partial charge on any atom is 0.164 e. The Labute approximate surface area is 141 Å². The Balaban J connectivity index is 2.15. The molecule has 0 radical (unpaired) electrons. The van der Waals surface area contributed by atoms with Crippen LogP contribution in [0.1, 0.15) is 31.4 Å². The summed E-state index contributed by atoms with van der Waals surface area (Å²) in [6, 6.07) is 4.90. The Morgan fingerprint density at radius 3 is 2.81 bits per heavy atom. The highest BCUT2D eigenvalue weighted by Crippen LogP contribution is 2.43. The lowest BCUT2D eigenvalue weighted by Gasteiger charge is -2.12. The largest absolute Gasteiger partial charge is 0.369 e. The van der Waals surface area contributed by atoms with E-state index in [1.54, 1.807) is 12.1 Å². The zero-order valence-corrected chi connectivity index (χ0v) is 14.4. The molecule has 2 aromatic rings. The molecule has 0 unspecified atom stereocenters. The van der Waals surface area contributed by atoms with Crippen molar-refractivity contribution in [2.24, 2.45) is 0 Å². The monoisotopic (exact) mass is 417 g/mol. The third kappa shape index (κ3) is 2.99. The molecular formula is C15H14ClFIN3. The minimum atomic E-state index is -0.468. The van der Waals surface area contributed by atoms with Crippen LogP contribution in [-0.4, -0.2) is 16.5 Å². The molecule has 0 amide bonds. The van der Waals surface area contributed by atoms with Crippen molar-refractivity contribution in [3.8, 4) is 11.4 Å². The topological polar surface area (TPSA) is 37.8 Å². The van der Waals surface area contributed by atoms with Crippen molar-refractivity contribution in [1.82, 2.24) is 9.97 Å². The first-order valence-electron chi connectivity index (χ1n) is 6.87. The van der Waals surface area contributed by atoms with Gasteiger partial charge in [0.25, 0.3) is 0 Å². The quantitative estimate of drug-likeness (QED) is 0.723. The maximum absolute atomic E-state index is 14.2. The van der Waals surface area contributed by atoms with Gasteiger partial charge in [-0.1, -0.05) is 17.7 Å². The lowest BCUT2D eigenvalue weighted by atomic mass is 10.2. The van der Waals surface area contributed by atoms with Crippen molar-refractivity contribution in [3.05, 3.63) is 38.3 Å². The van der Waals surface area contributed by atoms with Crippen LogP contribution in [0.4, 0.5) is 10.2 Å².